The second-order valence-electron chi connectivity index (χ2n) is 8.91. The van der Waals surface area contributed by atoms with E-state index in [1.807, 2.05) is 46.8 Å². The van der Waals surface area contributed by atoms with Crippen LogP contribution in [0, 0.1) is 13.8 Å². The van der Waals surface area contributed by atoms with E-state index in [9.17, 15) is 4.79 Å². The second kappa shape index (κ2) is 13.4. The van der Waals surface area contributed by atoms with Gasteiger partial charge in [-0.05, 0) is 58.6 Å². The normalized spacial score (nSPS) is 11.5. The van der Waals surface area contributed by atoms with E-state index in [1.54, 1.807) is 19.0 Å². The maximum atomic E-state index is 12.1. The van der Waals surface area contributed by atoms with Gasteiger partial charge in [-0.2, -0.15) is 0 Å². The van der Waals surface area contributed by atoms with Crippen LogP contribution in [0.5, 0.6) is 0 Å². The molecule has 2 N–H and O–H groups in total. The minimum Gasteiger partial charge on any atom is -0.444 e. The molecule has 1 aromatic carbocycles. The Labute approximate surface area is 214 Å². The largest absolute Gasteiger partial charge is 0.444 e. The number of ether oxygens (including phenoxy) is 1. The van der Waals surface area contributed by atoms with E-state index in [0.717, 1.165) is 47.9 Å². The molecule has 2 aromatic rings. The van der Waals surface area contributed by atoms with Gasteiger partial charge < -0.3 is 24.8 Å². The van der Waals surface area contributed by atoms with Gasteiger partial charge in [0.15, 0.2) is 5.96 Å². The fourth-order valence-electron chi connectivity index (χ4n) is 3.18. The van der Waals surface area contributed by atoms with Crippen LogP contribution in [0.25, 0.3) is 0 Å². The van der Waals surface area contributed by atoms with Gasteiger partial charge in [-0.15, -0.1) is 24.0 Å². The maximum absolute atomic E-state index is 12.1. The third kappa shape index (κ3) is 10.0. The van der Waals surface area contributed by atoms with Gasteiger partial charge in [-0.25, -0.2) is 4.79 Å². The number of nitrogens with zero attached hydrogens (tertiary/aromatic N) is 3. The number of carbonyl (C=O) groups excluding carboxylic acids is 1. The number of carbonyl (C=O) groups is 1. The van der Waals surface area contributed by atoms with E-state index in [2.05, 4.69) is 32.9 Å². The van der Waals surface area contributed by atoms with E-state index < -0.39 is 5.60 Å². The highest BCUT2D eigenvalue weighted by Crippen LogP contribution is 2.14. The van der Waals surface area contributed by atoms with Gasteiger partial charge in [0.2, 0.25) is 0 Å². The highest BCUT2D eigenvalue weighted by molar-refractivity contribution is 14.0. The Morgan fingerprint density at radius 1 is 1.15 bits per heavy atom. The van der Waals surface area contributed by atoms with Crippen LogP contribution >= 0.6 is 24.0 Å². The Morgan fingerprint density at radius 2 is 1.79 bits per heavy atom. The predicted octanol–water partition coefficient (Wildman–Crippen LogP) is 4.57. The number of amides is 1. The van der Waals surface area contributed by atoms with E-state index >= 15 is 0 Å². The summed E-state index contributed by atoms with van der Waals surface area (Å²) in [6, 6.07) is 8.15. The lowest BCUT2D eigenvalue weighted by atomic mass is 10.1. The Balaban J connectivity index is 0.00000544. The first-order valence-electron chi connectivity index (χ1n) is 11.0. The number of aliphatic imine (C=N–C) groups is 1. The highest BCUT2D eigenvalue weighted by Gasteiger charge is 2.19. The number of aryl methyl sites for hydroxylation is 2. The van der Waals surface area contributed by atoms with Crippen molar-refractivity contribution >= 4 is 36.0 Å². The van der Waals surface area contributed by atoms with E-state index in [0.29, 0.717) is 13.1 Å². The number of nitrogens with one attached hydrogen (secondary N) is 2. The minimum atomic E-state index is -0.498. The van der Waals surface area contributed by atoms with Gasteiger partial charge in [0.1, 0.15) is 11.4 Å². The third-order valence-corrected chi connectivity index (χ3v) is 4.91. The number of guanidine groups is 1. The summed E-state index contributed by atoms with van der Waals surface area (Å²) in [5.41, 5.74) is 3.83. The molecule has 0 bridgehead atoms. The van der Waals surface area contributed by atoms with Gasteiger partial charge in [0.25, 0.3) is 0 Å². The number of hydrogen-bond donors (Lipinski definition) is 2. The van der Waals surface area contributed by atoms with Crippen LogP contribution in [0.2, 0.25) is 0 Å². The zero-order valence-electron chi connectivity index (χ0n) is 20.8. The van der Waals surface area contributed by atoms with Crippen LogP contribution in [-0.2, 0) is 24.2 Å². The molecule has 2 rings (SSSR count). The van der Waals surface area contributed by atoms with Crippen molar-refractivity contribution in [2.75, 3.05) is 20.6 Å². The SMILES string of the molecule is CN=C(NCCCc1c(C)noc1C)NCc1ccc(CN(C)C(=O)OC(C)(C)C)cc1.I. The van der Waals surface area contributed by atoms with Crippen LogP contribution in [0.3, 0.4) is 0 Å². The maximum Gasteiger partial charge on any atom is 0.410 e. The summed E-state index contributed by atoms with van der Waals surface area (Å²) in [5.74, 6) is 1.66. The van der Waals surface area contributed by atoms with Crippen molar-refractivity contribution in [3.05, 3.63) is 52.4 Å². The summed E-state index contributed by atoms with van der Waals surface area (Å²) in [4.78, 5) is 18.0. The first kappa shape index (κ1) is 28.7. The summed E-state index contributed by atoms with van der Waals surface area (Å²) in [5, 5.41) is 10.7. The molecule has 1 amide bonds. The standard InChI is InChI=1S/C24H37N5O3.HI/c1-17-21(18(2)32-28-17)9-8-14-26-22(25-6)27-15-19-10-12-20(13-11-19)16-29(7)23(30)31-24(3,4)5;/h10-13H,8-9,14-16H2,1-7H3,(H2,25,26,27);1H. The van der Waals surface area contributed by atoms with Gasteiger partial charge >= 0.3 is 6.09 Å². The molecule has 1 aromatic heterocycles. The second-order valence-corrected chi connectivity index (χ2v) is 8.91. The average Bonchev–Trinajstić information content (AvgIpc) is 3.05. The molecule has 0 aliphatic rings. The first-order valence-corrected chi connectivity index (χ1v) is 11.0. The molecule has 0 spiro atoms. The van der Waals surface area contributed by atoms with Gasteiger partial charge in [-0.3, -0.25) is 4.99 Å². The molecule has 8 nitrogen and oxygen atoms in total. The summed E-state index contributed by atoms with van der Waals surface area (Å²) in [6.45, 7) is 11.5. The van der Waals surface area contributed by atoms with Gasteiger partial charge in [-0.1, -0.05) is 29.4 Å². The predicted molar refractivity (Wildman–Crippen MR) is 142 cm³/mol. The Kier molecular flexibility index (Phi) is 11.7. The molecule has 0 radical (unpaired) electrons. The smallest absolute Gasteiger partial charge is 0.410 e. The van der Waals surface area contributed by atoms with Gasteiger partial charge in [0.05, 0.1) is 5.69 Å². The summed E-state index contributed by atoms with van der Waals surface area (Å²) in [7, 11) is 3.50. The Bertz CT molecular complexity index is 884. The van der Waals surface area contributed by atoms with Crippen LogP contribution < -0.4 is 10.6 Å². The number of hydrogen-bond acceptors (Lipinski definition) is 5. The molecule has 184 valence electrons. The van der Waals surface area contributed by atoms with Crippen molar-refractivity contribution < 1.29 is 14.1 Å². The molecule has 0 fully saturated rings. The molecule has 0 atom stereocenters. The first-order chi connectivity index (χ1) is 15.1. The summed E-state index contributed by atoms with van der Waals surface area (Å²) < 4.78 is 10.6. The molecular weight excluding hydrogens is 533 g/mol. The van der Waals surface area contributed by atoms with Gasteiger partial charge in [0, 0.05) is 39.3 Å². The van der Waals surface area contributed by atoms with Crippen LogP contribution in [0.15, 0.2) is 33.8 Å². The molecule has 0 unspecified atom stereocenters. The zero-order valence-corrected chi connectivity index (χ0v) is 23.1. The quantitative estimate of drug-likeness (QED) is 0.209. The van der Waals surface area contributed by atoms with E-state index in [-0.39, 0.29) is 30.1 Å². The van der Waals surface area contributed by atoms with Crippen molar-refractivity contribution in [2.45, 2.75) is 66.2 Å². The van der Waals surface area contributed by atoms with E-state index in [4.69, 9.17) is 9.26 Å². The zero-order chi connectivity index (χ0) is 23.7. The van der Waals surface area contributed by atoms with Crippen molar-refractivity contribution in [1.82, 2.24) is 20.7 Å². The monoisotopic (exact) mass is 571 g/mol. The van der Waals surface area contributed by atoms with Crippen molar-refractivity contribution in [2.24, 2.45) is 4.99 Å². The van der Waals surface area contributed by atoms with Crippen molar-refractivity contribution in [3.63, 3.8) is 0 Å². The fraction of sp³-hybridized carbons (Fsp3) is 0.542. The summed E-state index contributed by atoms with van der Waals surface area (Å²) >= 11 is 0. The number of benzene rings is 1. The molecular formula is C24H38IN5O3. The summed E-state index contributed by atoms with van der Waals surface area (Å²) in [6.07, 6.45) is 1.56. The van der Waals surface area contributed by atoms with Crippen LogP contribution in [-0.4, -0.2) is 48.4 Å². The lowest BCUT2D eigenvalue weighted by Gasteiger charge is -2.24. The molecule has 0 aliphatic heterocycles. The molecule has 33 heavy (non-hydrogen) atoms. The average molecular weight is 572 g/mol. The lowest BCUT2D eigenvalue weighted by molar-refractivity contribution is 0.0285. The number of halogens is 1. The lowest BCUT2D eigenvalue weighted by Crippen LogP contribution is -2.37. The molecule has 9 heteroatoms. The Hall–Kier alpha value is -2.30. The van der Waals surface area contributed by atoms with Crippen LogP contribution in [0.1, 0.15) is 55.3 Å². The minimum absolute atomic E-state index is 0. The third-order valence-electron chi connectivity index (χ3n) is 4.91. The Morgan fingerprint density at radius 3 is 2.33 bits per heavy atom. The fourth-order valence-corrected chi connectivity index (χ4v) is 3.18. The molecule has 1 heterocycles. The molecule has 0 saturated heterocycles. The van der Waals surface area contributed by atoms with Crippen LogP contribution in [0.4, 0.5) is 4.79 Å². The molecule has 0 aliphatic carbocycles. The highest BCUT2D eigenvalue weighted by atomic mass is 127. The van der Waals surface area contributed by atoms with Crippen molar-refractivity contribution in [3.8, 4) is 0 Å². The van der Waals surface area contributed by atoms with E-state index in [1.165, 1.54) is 5.56 Å². The van der Waals surface area contributed by atoms with Crippen molar-refractivity contribution in [1.29, 1.82) is 0 Å². The number of rotatable bonds is 8. The topological polar surface area (TPSA) is 92.0 Å². The molecule has 0 saturated carbocycles. The number of aromatic nitrogens is 1.